The molecular weight excluding hydrogens is 212 g/mol. The molecule has 0 aliphatic heterocycles. The first-order valence-electron chi connectivity index (χ1n) is 6.24. The standard InChI is InChI=1S/C13H22N2Si/c1-16(2,3)15-10-13(14-11-15)9-12-7-5-4-6-8-12/h4-5,10-12H,6-9H2,1-3H3. The summed E-state index contributed by atoms with van der Waals surface area (Å²) in [5.41, 5.74) is 1.28. The first kappa shape index (κ1) is 11.6. The Labute approximate surface area is 99.5 Å². The van der Waals surface area contributed by atoms with Crippen molar-refractivity contribution < 1.29 is 0 Å². The molecule has 2 rings (SSSR count). The largest absolute Gasteiger partial charge is 0.365 e. The maximum Gasteiger partial charge on any atom is 0.154 e. The topological polar surface area (TPSA) is 17.8 Å². The minimum absolute atomic E-state index is 0.815. The highest BCUT2D eigenvalue weighted by atomic mass is 28.3. The van der Waals surface area contributed by atoms with Crippen LogP contribution in [-0.2, 0) is 6.42 Å². The molecule has 1 atom stereocenters. The van der Waals surface area contributed by atoms with E-state index in [0.29, 0.717) is 0 Å². The molecule has 1 aromatic heterocycles. The molecule has 1 aromatic rings. The van der Waals surface area contributed by atoms with Gasteiger partial charge in [-0.1, -0.05) is 31.8 Å². The van der Waals surface area contributed by atoms with Gasteiger partial charge in [0, 0.05) is 6.20 Å². The third kappa shape index (κ3) is 2.85. The molecule has 1 aliphatic rings. The predicted molar refractivity (Wildman–Crippen MR) is 71.2 cm³/mol. The summed E-state index contributed by atoms with van der Waals surface area (Å²) in [6.45, 7) is 7.05. The molecule has 2 nitrogen and oxygen atoms in total. The van der Waals surface area contributed by atoms with Crippen LogP contribution in [0.15, 0.2) is 24.7 Å². The van der Waals surface area contributed by atoms with E-state index in [1.165, 1.54) is 25.0 Å². The molecule has 16 heavy (non-hydrogen) atoms. The van der Waals surface area contributed by atoms with Crippen molar-refractivity contribution in [3.05, 3.63) is 30.4 Å². The minimum atomic E-state index is -1.24. The van der Waals surface area contributed by atoms with Crippen molar-refractivity contribution in [2.24, 2.45) is 5.92 Å². The van der Waals surface area contributed by atoms with Gasteiger partial charge >= 0.3 is 0 Å². The summed E-state index contributed by atoms with van der Waals surface area (Å²) in [7, 11) is -1.24. The summed E-state index contributed by atoms with van der Waals surface area (Å²) < 4.78 is 2.35. The van der Waals surface area contributed by atoms with Crippen molar-refractivity contribution in [3.8, 4) is 0 Å². The van der Waals surface area contributed by atoms with Crippen molar-refractivity contribution in [2.45, 2.75) is 45.3 Å². The SMILES string of the molecule is C[Si](C)(C)n1cnc(CC2CC=CCC2)c1. The summed E-state index contributed by atoms with van der Waals surface area (Å²) in [5, 5.41) is 0. The van der Waals surface area contributed by atoms with Crippen LogP contribution in [0.25, 0.3) is 0 Å². The van der Waals surface area contributed by atoms with Crippen LogP contribution in [0.2, 0.25) is 19.6 Å². The number of nitrogens with zero attached hydrogens (tertiary/aromatic N) is 2. The molecule has 0 fully saturated rings. The van der Waals surface area contributed by atoms with E-state index >= 15 is 0 Å². The summed E-state index contributed by atoms with van der Waals surface area (Å²) in [5.74, 6) is 0.815. The van der Waals surface area contributed by atoms with Gasteiger partial charge in [0.2, 0.25) is 0 Å². The first-order valence-corrected chi connectivity index (χ1v) is 9.69. The van der Waals surface area contributed by atoms with Gasteiger partial charge < -0.3 is 4.23 Å². The second kappa shape index (κ2) is 4.58. The lowest BCUT2D eigenvalue weighted by molar-refractivity contribution is 0.473. The fourth-order valence-corrected chi connectivity index (χ4v) is 3.11. The molecular formula is C13H22N2Si. The first-order chi connectivity index (χ1) is 7.55. The van der Waals surface area contributed by atoms with Crippen molar-refractivity contribution in [1.82, 2.24) is 9.22 Å². The van der Waals surface area contributed by atoms with Gasteiger partial charge in [-0.15, -0.1) is 0 Å². The molecule has 0 saturated heterocycles. The molecule has 0 N–H and O–H groups in total. The number of hydrogen-bond donors (Lipinski definition) is 0. The van der Waals surface area contributed by atoms with E-state index in [9.17, 15) is 0 Å². The van der Waals surface area contributed by atoms with E-state index in [4.69, 9.17) is 0 Å². The van der Waals surface area contributed by atoms with Crippen molar-refractivity contribution in [2.75, 3.05) is 0 Å². The fraction of sp³-hybridized carbons (Fsp3) is 0.615. The van der Waals surface area contributed by atoms with Crippen LogP contribution in [-0.4, -0.2) is 17.5 Å². The normalized spacial score (nSPS) is 21.3. The third-order valence-electron chi connectivity index (χ3n) is 3.29. The zero-order valence-corrected chi connectivity index (χ0v) is 11.6. The van der Waals surface area contributed by atoms with Gasteiger partial charge in [0.05, 0.1) is 12.0 Å². The molecule has 0 radical (unpaired) electrons. The summed E-state index contributed by atoms with van der Waals surface area (Å²) >= 11 is 0. The van der Waals surface area contributed by atoms with Crippen LogP contribution >= 0.6 is 0 Å². The molecule has 1 heterocycles. The lowest BCUT2D eigenvalue weighted by atomic mass is 9.90. The van der Waals surface area contributed by atoms with Gasteiger partial charge in [-0.05, 0) is 31.6 Å². The summed E-state index contributed by atoms with van der Waals surface area (Å²) in [6.07, 6.45) is 13.9. The van der Waals surface area contributed by atoms with E-state index in [-0.39, 0.29) is 0 Å². The van der Waals surface area contributed by atoms with Crippen LogP contribution in [0.1, 0.15) is 25.0 Å². The lowest BCUT2D eigenvalue weighted by Crippen LogP contribution is -2.30. The van der Waals surface area contributed by atoms with Gasteiger partial charge in [-0.2, -0.15) is 0 Å². The van der Waals surface area contributed by atoms with Crippen LogP contribution in [0.3, 0.4) is 0 Å². The Kier molecular flexibility index (Phi) is 3.33. The highest BCUT2D eigenvalue weighted by Crippen LogP contribution is 2.22. The van der Waals surface area contributed by atoms with Gasteiger partial charge in [-0.3, -0.25) is 0 Å². The average Bonchev–Trinajstić information content (AvgIpc) is 2.67. The Morgan fingerprint density at radius 1 is 1.38 bits per heavy atom. The van der Waals surface area contributed by atoms with Crippen molar-refractivity contribution in [3.63, 3.8) is 0 Å². The van der Waals surface area contributed by atoms with Crippen LogP contribution in [0.4, 0.5) is 0 Å². The lowest BCUT2D eigenvalue weighted by Gasteiger charge is -2.18. The van der Waals surface area contributed by atoms with Gasteiger partial charge in [0.1, 0.15) is 0 Å². The summed E-state index contributed by atoms with van der Waals surface area (Å²) in [6, 6.07) is 0. The molecule has 1 unspecified atom stereocenters. The molecule has 0 aromatic carbocycles. The number of rotatable bonds is 3. The zero-order chi connectivity index (χ0) is 11.6. The van der Waals surface area contributed by atoms with Gasteiger partial charge in [0.25, 0.3) is 0 Å². The van der Waals surface area contributed by atoms with Crippen LogP contribution in [0, 0.1) is 5.92 Å². The Morgan fingerprint density at radius 3 is 2.75 bits per heavy atom. The van der Waals surface area contributed by atoms with Crippen LogP contribution < -0.4 is 0 Å². The Morgan fingerprint density at radius 2 is 2.19 bits per heavy atom. The van der Waals surface area contributed by atoms with Crippen molar-refractivity contribution >= 4 is 8.24 Å². The summed E-state index contributed by atoms with van der Waals surface area (Å²) in [4.78, 5) is 4.55. The molecule has 3 heteroatoms. The van der Waals surface area contributed by atoms with E-state index in [2.05, 4.69) is 47.2 Å². The van der Waals surface area contributed by atoms with E-state index in [0.717, 1.165) is 12.3 Å². The molecule has 0 saturated carbocycles. The predicted octanol–water partition coefficient (Wildman–Crippen LogP) is 3.46. The number of aromatic nitrogens is 2. The van der Waals surface area contributed by atoms with Crippen molar-refractivity contribution in [1.29, 1.82) is 0 Å². The number of hydrogen-bond acceptors (Lipinski definition) is 1. The number of allylic oxidation sites excluding steroid dienone is 2. The monoisotopic (exact) mass is 234 g/mol. The maximum absolute atomic E-state index is 4.55. The van der Waals surface area contributed by atoms with E-state index in [1.54, 1.807) is 0 Å². The van der Waals surface area contributed by atoms with E-state index < -0.39 is 8.24 Å². The molecule has 0 bridgehead atoms. The smallest absolute Gasteiger partial charge is 0.154 e. The highest BCUT2D eigenvalue weighted by Gasteiger charge is 2.18. The molecule has 0 spiro atoms. The Hall–Kier alpha value is -0.833. The molecule has 88 valence electrons. The van der Waals surface area contributed by atoms with Crippen LogP contribution in [0.5, 0.6) is 0 Å². The van der Waals surface area contributed by atoms with Gasteiger partial charge in [-0.25, -0.2) is 4.98 Å². The Bertz CT molecular complexity index is 374. The average molecular weight is 234 g/mol. The Balaban J connectivity index is 2.00. The minimum Gasteiger partial charge on any atom is -0.365 e. The second-order valence-electron chi connectivity index (χ2n) is 5.80. The molecule has 1 aliphatic carbocycles. The highest BCUT2D eigenvalue weighted by molar-refractivity contribution is 6.74. The zero-order valence-electron chi connectivity index (χ0n) is 10.6. The van der Waals surface area contributed by atoms with E-state index in [1.807, 2.05) is 6.33 Å². The van der Waals surface area contributed by atoms with Gasteiger partial charge in [0.15, 0.2) is 8.24 Å². The second-order valence-corrected chi connectivity index (χ2v) is 10.7. The quantitative estimate of drug-likeness (QED) is 0.578. The number of imidazole rings is 1. The molecule has 0 amide bonds. The maximum atomic E-state index is 4.55. The third-order valence-corrected chi connectivity index (χ3v) is 5.08. The fourth-order valence-electron chi connectivity index (χ4n) is 2.17.